The van der Waals surface area contributed by atoms with Crippen LogP contribution in [0.3, 0.4) is 0 Å². The van der Waals surface area contributed by atoms with Crippen LogP contribution in [0.2, 0.25) is 0 Å². The first-order valence-electron chi connectivity index (χ1n) is 7.37. The summed E-state index contributed by atoms with van der Waals surface area (Å²) < 4.78 is 0. The number of aromatic nitrogens is 1. The Morgan fingerprint density at radius 3 is 2.25 bits per heavy atom. The van der Waals surface area contributed by atoms with E-state index in [4.69, 9.17) is 5.73 Å². The van der Waals surface area contributed by atoms with Crippen molar-refractivity contribution in [2.45, 2.75) is 0 Å². The molecule has 0 saturated carbocycles. The van der Waals surface area contributed by atoms with Gasteiger partial charge in [-0.15, -0.1) is 0 Å². The van der Waals surface area contributed by atoms with Crippen LogP contribution in [0.4, 0.5) is 5.69 Å². The predicted molar refractivity (Wildman–Crippen MR) is 92.6 cm³/mol. The number of pyridine rings is 1. The third-order valence-corrected chi connectivity index (χ3v) is 3.54. The molecule has 0 aliphatic carbocycles. The van der Waals surface area contributed by atoms with Gasteiger partial charge in [-0.1, -0.05) is 42.5 Å². The molecule has 0 aliphatic rings. The normalized spacial score (nSPS) is 10.2. The summed E-state index contributed by atoms with van der Waals surface area (Å²) in [7, 11) is 0. The molecule has 24 heavy (non-hydrogen) atoms. The van der Waals surface area contributed by atoms with Gasteiger partial charge < -0.3 is 11.1 Å². The number of amides is 2. The molecule has 0 saturated heterocycles. The van der Waals surface area contributed by atoms with Crippen LogP contribution in [-0.2, 0) is 0 Å². The lowest BCUT2D eigenvalue weighted by Crippen LogP contribution is -2.18. The molecule has 0 unspecified atom stereocenters. The van der Waals surface area contributed by atoms with E-state index in [-0.39, 0.29) is 11.5 Å². The number of nitrogens with zero attached hydrogens (tertiary/aromatic N) is 1. The average molecular weight is 317 g/mol. The van der Waals surface area contributed by atoms with Crippen molar-refractivity contribution in [1.29, 1.82) is 0 Å². The Hall–Kier alpha value is -3.47. The first kappa shape index (κ1) is 15.4. The van der Waals surface area contributed by atoms with Crippen molar-refractivity contribution in [2.75, 3.05) is 5.32 Å². The minimum Gasteiger partial charge on any atom is -0.366 e. The number of nitrogens with one attached hydrogen (secondary N) is 1. The Bertz CT molecular complexity index is 875. The highest BCUT2D eigenvalue weighted by molar-refractivity contribution is 6.08. The van der Waals surface area contributed by atoms with E-state index in [2.05, 4.69) is 10.3 Å². The minimum atomic E-state index is -0.594. The van der Waals surface area contributed by atoms with Crippen molar-refractivity contribution >= 4 is 17.5 Å². The Balaban J connectivity index is 1.80. The Labute approximate surface area is 139 Å². The van der Waals surface area contributed by atoms with Crippen molar-refractivity contribution in [3.05, 3.63) is 84.1 Å². The van der Waals surface area contributed by atoms with Crippen LogP contribution < -0.4 is 11.1 Å². The van der Waals surface area contributed by atoms with Crippen LogP contribution in [0, 0.1) is 0 Å². The van der Waals surface area contributed by atoms with Crippen LogP contribution in [0.5, 0.6) is 0 Å². The second-order valence-corrected chi connectivity index (χ2v) is 5.16. The minimum absolute atomic E-state index is 0.264. The lowest BCUT2D eigenvalue weighted by atomic mass is 10.1. The number of para-hydroxylation sites is 1. The third-order valence-electron chi connectivity index (χ3n) is 3.54. The summed E-state index contributed by atoms with van der Waals surface area (Å²) in [4.78, 5) is 28.1. The lowest BCUT2D eigenvalue weighted by Gasteiger charge is -2.09. The van der Waals surface area contributed by atoms with E-state index < -0.39 is 5.91 Å². The van der Waals surface area contributed by atoms with E-state index >= 15 is 0 Å². The first-order valence-corrected chi connectivity index (χ1v) is 7.37. The molecule has 2 amide bonds. The van der Waals surface area contributed by atoms with Crippen LogP contribution in [0.1, 0.15) is 20.7 Å². The predicted octanol–water partition coefficient (Wildman–Crippen LogP) is 3.10. The number of primary amides is 1. The lowest BCUT2D eigenvalue weighted by molar-refractivity contribution is 0.100. The fourth-order valence-corrected chi connectivity index (χ4v) is 2.31. The summed E-state index contributed by atoms with van der Waals surface area (Å²) in [6.07, 6.45) is 1.50. The summed E-state index contributed by atoms with van der Waals surface area (Å²) in [6.45, 7) is 0. The van der Waals surface area contributed by atoms with E-state index in [1.54, 1.807) is 36.4 Å². The number of nitrogens with two attached hydrogens (primary N) is 1. The largest absolute Gasteiger partial charge is 0.366 e. The monoisotopic (exact) mass is 317 g/mol. The van der Waals surface area contributed by atoms with Gasteiger partial charge in [0.1, 0.15) is 0 Å². The second kappa shape index (κ2) is 6.75. The molecule has 5 nitrogen and oxygen atoms in total. The Kier molecular flexibility index (Phi) is 4.34. The van der Waals surface area contributed by atoms with Crippen molar-refractivity contribution in [3.8, 4) is 11.3 Å². The molecule has 1 heterocycles. The van der Waals surface area contributed by atoms with Gasteiger partial charge in [-0.3, -0.25) is 14.6 Å². The van der Waals surface area contributed by atoms with Gasteiger partial charge in [0.05, 0.1) is 22.5 Å². The number of rotatable bonds is 4. The average Bonchev–Trinajstić information content (AvgIpc) is 2.63. The Morgan fingerprint density at radius 1 is 0.875 bits per heavy atom. The Morgan fingerprint density at radius 2 is 1.58 bits per heavy atom. The van der Waals surface area contributed by atoms with Gasteiger partial charge in [-0.05, 0) is 24.3 Å². The van der Waals surface area contributed by atoms with Gasteiger partial charge in [0.25, 0.3) is 11.8 Å². The highest BCUT2D eigenvalue weighted by atomic mass is 16.2. The summed E-state index contributed by atoms with van der Waals surface area (Å²) in [5.74, 6) is -0.945. The molecule has 0 atom stereocenters. The fourth-order valence-electron chi connectivity index (χ4n) is 2.31. The van der Waals surface area contributed by atoms with Crippen molar-refractivity contribution in [2.24, 2.45) is 5.73 Å². The zero-order valence-electron chi connectivity index (χ0n) is 12.8. The maximum absolute atomic E-state index is 12.3. The molecular formula is C19H15N3O2. The number of carbonyl (C=O) groups is 2. The molecule has 3 rings (SSSR count). The zero-order chi connectivity index (χ0) is 16.9. The summed E-state index contributed by atoms with van der Waals surface area (Å²) >= 11 is 0. The summed E-state index contributed by atoms with van der Waals surface area (Å²) in [5, 5.41) is 2.69. The van der Waals surface area contributed by atoms with Gasteiger partial charge in [-0.2, -0.15) is 0 Å². The highest BCUT2D eigenvalue weighted by Crippen LogP contribution is 2.18. The molecular weight excluding hydrogens is 302 g/mol. The molecule has 0 bridgehead atoms. The molecule has 3 aromatic rings. The SMILES string of the molecule is NC(=O)c1ccccc1NC(=O)c1ccc(-c2ccccc2)nc1. The highest BCUT2D eigenvalue weighted by Gasteiger charge is 2.12. The van der Waals surface area contributed by atoms with E-state index in [0.29, 0.717) is 11.3 Å². The zero-order valence-corrected chi connectivity index (χ0v) is 12.8. The molecule has 0 spiro atoms. The quantitative estimate of drug-likeness (QED) is 0.775. The second-order valence-electron chi connectivity index (χ2n) is 5.16. The van der Waals surface area contributed by atoms with Gasteiger partial charge in [-0.25, -0.2) is 0 Å². The third kappa shape index (κ3) is 3.30. The van der Waals surface area contributed by atoms with E-state index in [1.807, 2.05) is 30.3 Å². The maximum Gasteiger partial charge on any atom is 0.257 e. The van der Waals surface area contributed by atoms with E-state index in [0.717, 1.165) is 11.3 Å². The van der Waals surface area contributed by atoms with Crippen LogP contribution in [0.25, 0.3) is 11.3 Å². The van der Waals surface area contributed by atoms with Crippen molar-refractivity contribution in [3.63, 3.8) is 0 Å². The molecule has 5 heteroatoms. The van der Waals surface area contributed by atoms with Crippen molar-refractivity contribution < 1.29 is 9.59 Å². The molecule has 3 N–H and O–H groups in total. The van der Waals surface area contributed by atoms with E-state index in [1.165, 1.54) is 6.20 Å². The molecule has 0 fully saturated rings. The van der Waals surface area contributed by atoms with Gasteiger partial charge in [0.2, 0.25) is 0 Å². The van der Waals surface area contributed by atoms with Gasteiger partial charge >= 0.3 is 0 Å². The number of carbonyl (C=O) groups excluding carboxylic acids is 2. The molecule has 0 radical (unpaired) electrons. The van der Waals surface area contributed by atoms with Crippen LogP contribution >= 0.6 is 0 Å². The summed E-state index contributed by atoms with van der Waals surface area (Å²) in [5.41, 5.74) is 8.11. The number of hydrogen-bond donors (Lipinski definition) is 2. The van der Waals surface area contributed by atoms with E-state index in [9.17, 15) is 9.59 Å². The van der Waals surface area contributed by atoms with Crippen LogP contribution in [-0.4, -0.2) is 16.8 Å². The van der Waals surface area contributed by atoms with Crippen LogP contribution in [0.15, 0.2) is 72.9 Å². The number of anilines is 1. The molecule has 118 valence electrons. The standard InChI is InChI=1S/C19H15N3O2/c20-18(23)15-8-4-5-9-17(15)22-19(24)14-10-11-16(21-12-14)13-6-2-1-3-7-13/h1-12H,(H2,20,23)(H,22,24). The maximum atomic E-state index is 12.3. The number of benzene rings is 2. The smallest absolute Gasteiger partial charge is 0.257 e. The molecule has 1 aromatic heterocycles. The van der Waals surface area contributed by atoms with Gasteiger partial charge in [0, 0.05) is 11.8 Å². The molecule has 2 aromatic carbocycles. The first-order chi connectivity index (χ1) is 11.6. The van der Waals surface area contributed by atoms with Gasteiger partial charge in [0.15, 0.2) is 0 Å². The number of hydrogen-bond acceptors (Lipinski definition) is 3. The molecule has 0 aliphatic heterocycles. The topological polar surface area (TPSA) is 85.1 Å². The fraction of sp³-hybridized carbons (Fsp3) is 0. The summed E-state index contributed by atoms with van der Waals surface area (Å²) in [6, 6.07) is 19.8. The van der Waals surface area contributed by atoms with Crippen molar-refractivity contribution in [1.82, 2.24) is 4.98 Å².